The second kappa shape index (κ2) is 7.04. The summed E-state index contributed by atoms with van der Waals surface area (Å²) >= 11 is 0. The minimum atomic E-state index is 0.169. The van der Waals surface area contributed by atoms with Gasteiger partial charge in [-0.3, -0.25) is 0 Å². The molecule has 1 aliphatic rings. The van der Waals surface area contributed by atoms with E-state index >= 15 is 0 Å². The van der Waals surface area contributed by atoms with E-state index in [2.05, 4.69) is 43.4 Å². The van der Waals surface area contributed by atoms with E-state index in [9.17, 15) is 0 Å². The molecule has 0 aliphatic carbocycles. The Hall–Kier alpha value is -0.900. The molecular weight excluding hydrogens is 238 g/mol. The van der Waals surface area contributed by atoms with Crippen LogP contribution in [0.2, 0.25) is 0 Å². The maximum Gasteiger partial charge on any atom is 0.0952 e. The third-order valence-electron chi connectivity index (χ3n) is 3.81. The fourth-order valence-corrected chi connectivity index (χ4v) is 2.57. The van der Waals surface area contributed by atoms with Gasteiger partial charge in [-0.1, -0.05) is 38.1 Å². The zero-order valence-electron chi connectivity index (χ0n) is 12.2. The number of hydrogen-bond acceptors (Lipinski definition) is 3. The van der Waals surface area contributed by atoms with Crippen LogP contribution in [0.3, 0.4) is 0 Å². The number of methoxy groups -OCH3 is 1. The van der Waals surface area contributed by atoms with Gasteiger partial charge in [0.2, 0.25) is 0 Å². The van der Waals surface area contributed by atoms with Gasteiger partial charge in [0.1, 0.15) is 0 Å². The van der Waals surface area contributed by atoms with Crippen LogP contribution in [-0.4, -0.2) is 32.9 Å². The van der Waals surface area contributed by atoms with E-state index in [0.717, 1.165) is 26.2 Å². The minimum Gasteiger partial charge on any atom is -0.383 e. The van der Waals surface area contributed by atoms with Crippen LogP contribution in [0.1, 0.15) is 31.1 Å². The van der Waals surface area contributed by atoms with Crippen molar-refractivity contribution >= 4 is 0 Å². The first kappa shape index (κ1) is 14.5. The van der Waals surface area contributed by atoms with Gasteiger partial charge in [-0.15, -0.1) is 0 Å². The van der Waals surface area contributed by atoms with E-state index in [0.29, 0.717) is 12.0 Å². The van der Waals surface area contributed by atoms with E-state index in [-0.39, 0.29) is 6.10 Å². The molecule has 1 N–H and O–H groups in total. The molecule has 106 valence electrons. The summed E-state index contributed by atoms with van der Waals surface area (Å²) in [6.45, 7) is 6.84. The molecule has 0 bridgehead atoms. The summed E-state index contributed by atoms with van der Waals surface area (Å²) in [5, 5.41) is 3.58. The monoisotopic (exact) mass is 263 g/mol. The predicted molar refractivity (Wildman–Crippen MR) is 77.3 cm³/mol. The molecule has 0 radical (unpaired) electrons. The molecule has 0 amide bonds. The predicted octanol–water partition coefficient (Wildman–Crippen LogP) is 2.56. The van der Waals surface area contributed by atoms with Crippen molar-refractivity contribution in [1.29, 1.82) is 0 Å². The van der Waals surface area contributed by atoms with Gasteiger partial charge >= 0.3 is 0 Å². The molecule has 3 heteroatoms. The number of nitrogens with one attached hydrogen (secondary N) is 1. The smallest absolute Gasteiger partial charge is 0.0952 e. The van der Waals surface area contributed by atoms with E-state index in [4.69, 9.17) is 9.47 Å². The van der Waals surface area contributed by atoms with Crippen LogP contribution in [0, 0.1) is 5.92 Å². The summed E-state index contributed by atoms with van der Waals surface area (Å²) < 4.78 is 11.2. The van der Waals surface area contributed by atoms with E-state index in [1.807, 2.05) is 0 Å². The Morgan fingerprint density at radius 3 is 2.89 bits per heavy atom. The van der Waals surface area contributed by atoms with E-state index < -0.39 is 0 Å². The largest absolute Gasteiger partial charge is 0.383 e. The van der Waals surface area contributed by atoms with Crippen LogP contribution in [0.25, 0.3) is 0 Å². The molecule has 2 rings (SSSR count). The third kappa shape index (κ3) is 3.78. The standard InChI is InChI=1S/C16H25NO2/c1-12(2)15(11-18-3)17-10-16-14-7-5-4-6-13(14)8-9-19-16/h4-7,12,15-17H,8-11H2,1-3H3. The SMILES string of the molecule is COCC(NCC1OCCc2ccccc21)C(C)C. The van der Waals surface area contributed by atoms with Crippen LogP contribution in [0.4, 0.5) is 0 Å². The van der Waals surface area contributed by atoms with Crippen molar-refractivity contribution in [3.05, 3.63) is 35.4 Å². The van der Waals surface area contributed by atoms with E-state index in [1.165, 1.54) is 11.1 Å². The molecular formula is C16H25NO2. The van der Waals surface area contributed by atoms with Crippen LogP contribution < -0.4 is 5.32 Å². The number of hydrogen-bond donors (Lipinski definition) is 1. The highest BCUT2D eigenvalue weighted by molar-refractivity contribution is 5.31. The maximum absolute atomic E-state index is 5.91. The van der Waals surface area contributed by atoms with Crippen LogP contribution in [0.5, 0.6) is 0 Å². The van der Waals surface area contributed by atoms with Crippen molar-refractivity contribution in [1.82, 2.24) is 5.32 Å². The zero-order chi connectivity index (χ0) is 13.7. The Morgan fingerprint density at radius 2 is 2.16 bits per heavy atom. The Morgan fingerprint density at radius 1 is 1.37 bits per heavy atom. The molecule has 0 aromatic heterocycles. The average molecular weight is 263 g/mol. The number of fused-ring (bicyclic) bond motifs is 1. The Balaban J connectivity index is 1.97. The highest BCUT2D eigenvalue weighted by Gasteiger charge is 2.22. The fraction of sp³-hybridized carbons (Fsp3) is 0.625. The maximum atomic E-state index is 5.91. The van der Waals surface area contributed by atoms with Gasteiger partial charge in [0.05, 0.1) is 19.3 Å². The number of benzene rings is 1. The second-order valence-corrected chi connectivity index (χ2v) is 5.52. The number of ether oxygens (including phenoxy) is 2. The Bertz CT molecular complexity index is 392. The van der Waals surface area contributed by atoms with Crippen molar-refractivity contribution in [3.8, 4) is 0 Å². The van der Waals surface area contributed by atoms with Crippen molar-refractivity contribution in [2.24, 2.45) is 5.92 Å². The molecule has 1 heterocycles. The molecule has 19 heavy (non-hydrogen) atoms. The van der Waals surface area contributed by atoms with Gasteiger partial charge in [-0.25, -0.2) is 0 Å². The molecule has 0 fully saturated rings. The van der Waals surface area contributed by atoms with E-state index in [1.54, 1.807) is 7.11 Å². The summed E-state index contributed by atoms with van der Waals surface area (Å²) in [5.74, 6) is 0.554. The molecule has 2 atom stereocenters. The Kier molecular flexibility index (Phi) is 5.37. The first-order valence-electron chi connectivity index (χ1n) is 7.14. The first-order valence-corrected chi connectivity index (χ1v) is 7.14. The van der Waals surface area contributed by atoms with Crippen molar-refractivity contribution in [2.45, 2.75) is 32.4 Å². The molecule has 3 nitrogen and oxygen atoms in total. The molecule has 0 saturated carbocycles. The highest BCUT2D eigenvalue weighted by atomic mass is 16.5. The lowest BCUT2D eigenvalue weighted by molar-refractivity contribution is 0.0358. The highest BCUT2D eigenvalue weighted by Crippen LogP contribution is 2.26. The first-order chi connectivity index (χ1) is 9.22. The van der Waals surface area contributed by atoms with Crippen LogP contribution in [0.15, 0.2) is 24.3 Å². The average Bonchev–Trinajstić information content (AvgIpc) is 2.43. The second-order valence-electron chi connectivity index (χ2n) is 5.52. The molecule has 1 aromatic rings. The van der Waals surface area contributed by atoms with Gasteiger partial charge in [-0.2, -0.15) is 0 Å². The quantitative estimate of drug-likeness (QED) is 0.855. The molecule has 1 aliphatic heterocycles. The molecule has 0 saturated heterocycles. The lowest BCUT2D eigenvalue weighted by atomic mass is 9.97. The van der Waals surface area contributed by atoms with Gasteiger partial charge in [0, 0.05) is 19.7 Å². The van der Waals surface area contributed by atoms with Gasteiger partial charge in [0.25, 0.3) is 0 Å². The topological polar surface area (TPSA) is 30.5 Å². The summed E-state index contributed by atoms with van der Waals surface area (Å²) in [7, 11) is 1.75. The molecule has 2 unspecified atom stereocenters. The normalized spacial score (nSPS) is 20.3. The van der Waals surface area contributed by atoms with Gasteiger partial charge in [-0.05, 0) is 23.5 Å². The zero-order valence-corrected chi connectivity index (χ0v) is 12.2. The summed E-state index contributed by atoms with van der Waals surface area (Å²) in [4.78, 5) is 0. The summed E-state index contributed by atoms with van der Waals surface area (Å²) in [6.07, 6.45) is 1.20. The number of rotatable bonds is 6. The Labute approximate surface area is 116 Å². The van der Waals surface area contributed by atoms with Gasteiger partial charge < -0.3 is 14.8 Å². The van der Waals surface area contributed by atoms with Crippen molar-refractivity contribution in [3.63, 3.8) is 0 Å². The third-order valence-corrected chi connectivity index (χ3v) is 3.81. The van der Waals surface area contributed by atoms with Crippen LogP contribution in [-0.2, 0) is 15.9 Å². The summed E-state index contributed by atoms with van der Waals surface area (Å²) in [5.41, 5.74) is 2.76. The van der Waals surface area contributed by atoms with Crippen molar-refractivity contribution < 1.29 is 9.47 Å². The molecule has 0 spiro atoms. The van der Waals surface area contributed by atoms with Gasteiger partial charge in [0.15, 0.2) is 0 Å². The molecule has 1 aromatic carbocycles. The van der Waals surface area contributed by atoms with Crippen LogP contribution >= 0.6 is 0 Å². The minimum absolute atomic E-state index is 0.169. The fourth-order valence-electron chi connectivity index (χ4n) is 2.57. The lowest BCUT2D eigenvalue weighted by Gasteiger charge is -2.29. The van der Waals surface area contributed by atoms with Crippen molar-refractivity contribution in [2.75, 3.05) is 26.9 Å². The summed E-state index contributed by atoms with van der Waals surface area (Å²) in [6, 6.07) is 8.97. The lowest BCUT2D eigenvalue weighted by Crippen LogP contribution is -2.41.